The van der Waals surface area contributed by atoms with Crippen LogP contribution in [0, 0.1) is 0 Å². The first kappa shape index (κ1) is 51.6. The molecule has 18 nitrogen and oxygen atoms in total. The smallest absolute Gasteiger partial charge is 0.333 e. The molecule has 3 N–H and O–H groups in total. The van der Waals surface area contributed by atoms with Crippen LogP contribution in [0.2, 0.25) is 0 Å². The molecule has 2 atom stereocenters. The van der Waals surface area contributed by atoms with E-state index in [1.54, 1.807) is 26.4 Å². The molecule has 0 aliphatic carbocycles. The molecule has 2 amide bonds. The summed E-state index contributed by atoms with van der Waals surface area (Å²) in [5.74, 6) is -2.41. The summed E-state index contributed by atoms with van der Waals surface area (Å²) in [6.45, 7) is 10.7. The number of carbonyl (C=O) groups is 3. The van der Waals surface area contributed by atoms with E-state index in [1.807, 2.05) is 51.3 Å². The van der Waals surface area contributed by atoms with Crippen molar-refractivity contribution in [3.63, 3.8) is 0 Å². The Kier molecular flexibility index (Phi) is 15.8. The van der Waals surface area contributed by atoms with Gasteiger partial charge in [-0.15, -0.1) is 5.06 Å². The van der Waals surface area contributed by atoms with Crippen molar-refractivity contribution < 1.29 is 72.2 Å². The molecule has 1 fully saturated rings. The van der Waals surface area contributed by atoms with Gasteiger partial charge >= 0.3 is 5.97 Å². The van der Waals surface area contributed by atoms with Gasteiger partial charge in [-0.3, -0.25) is 23.2 Å². The largest absolute Gasteiger partial charge is 0.385 e. The lowest BCUT2D eigenvalue weighted by molar-refractivity contribution is -0.438. The van der Waals surface area contributed by atoms with E-state index < -0.39 is 70.3 Å². The molecule has 0 bridgehead atoms. The number of rotatable bonds is 22. The third kappa shape index (κ3) is 11.6. The lowest BCUT2D eigenvalue weighted by Crippen LogP contribution is -2.45. The predicted octanol–water partition coefficient (Wildman–Crippen LogP) is 5.83. The Hall–Kier alpha value is -4.35. The van der Waals surface area contributed by atoms with Crippen molar-refractivity contribution in [1.29, 1.82) is 0 Å². The molecular formula is C44H60N3O15S3+. The van der Waals surface area contributed by atoms with Crippen molar-refractivity contribution in [3.8, 4) is 0 Å². The third-order valence-electron chi connectivity index (χ3n) is 12.5. The highest BCUT2D eigenvalue weighted by atomic mass is 32.2. The molecule has 1 saturated heterocycles. The Morgan fingerprint density at radius 3 is 2.00 bits per heavy atom. The molecule has 3 heterocycles. The highest BCUT2D eigenvalue weighted by molar-refractivity contribution is 7.86. The zero-order valence-electron chi connectivity index (χ0n) is 37.8. The van der Waals surface area contributed by atoms with Gasteiger partial charge in [0.05, 0.1) is 21.0 Å². The minimum atomic E-state index is -4.66. The molecule has 0 aromatic heterocycles. The zero-order chi connectivity index (χ0) is 48.3. The van der Waals surface area contributed by atoms with Crippen LogP contribution >= 0.6 is 0 Å². The van der Waals surface area contributed by atoms with E-state index in [4.69, 9.17) is 14.3 Å². The second-order valence-electron chi connectivity index (χ2n) is 17.8. The molecule has 2 unspecified atom stereocenters. The number of imide groups is 1. The topological polar surface area (TPSA) is 251 Å². The molecule has 0 saturated carbocycles. The molecule has 2 aromatic carbocycles. The molecule has 358 valence electrons. The van der Waals surface area contributed by atoms with Gasteiger partial charge in [0.25, 0.3) is 42.2 Å². The summed E-state index contributed by atoms with van der Waals surface area (Å²) in [7, 11) is -10.5. The molecule has 65 heavy (non-hydrogen) atoms. The van der Waals surface area contributed by atoms with E-state index >= 15 is 0 Å². The summed E-state index contributed by atoms with van der Waals surface area (Å²) < 4.78 is 117. The number of unbranched alkanes of at least 4 members (excludes halogenated alkanes) is 2. The quantitative estimate of drug-likeness (QED) is 0.0543. The van der Waals surface area contributed by atoms with Crippen molar-refractivity contribution in [1.82, 2.24) is 5.06 Å². The summed E-state index contributed by atoms with van der Waals surface area (Å²) in [5, 5.41) is 0.513. The van der Waals surface area contributed by atoms with E-state index in [-0.39, 0.29) is 48.5 Å². The van der Waals surface area contributed by atoms with Gasteiger partial charge in [0.15, 0.2) is 5.71 Å². The highest BCUT2D eigenvalue weighted by Crippen LogP contribution is 2.55. The van der Waals surface area contributed by atoms with Gasteiger partial charge in [0.2, 0.25) is 5.69 Å². The van der Waals surface area contributed by atoms with Gasteiger partial charge in [-0.05, 0) is 121 Å². The maximum Gasteiger partial charge on any atom is 0.333 e. The third-order valence-corrected chi connectivity index (χ3v) is 15.0. The first-order valence-corrected chi connectivity index (χ1v) is 25.8. The number of methoxy groups -OCH3 is 2. The number of nitrogens with zero attached hydrogens (tertiary/aromatic N) is 3. The van der Waals surface area contributed by atoms with Crippen LogP contribution < -0.4 is 4.90 Å². The van der Waals surface area contributed by atoms with Gasteiger partial charge in [-0.1, -0.05) is 0 Å². The Morgan fingerprint density at radius 2 is 1.42 bits per heavy atom. The number of benzene rings is 2. The summed E-state index contributed by atoms with van der Waals surface area (Å²) in [5.41, 5.74) is 1.87. The van der Waals surface area contributed by atoms with Gasteiger partial charge in [0.1, 0.15) is 6.54 Å². The average molecular weight is 967 g/mol. The van der Waals surface area contributed by atoms with Gasteiger partial charge in [-0.25, -0.2) is 4.79 Å². The van der Waals surface area contributed by atoms with Gasteiger partial charge in [-0.2, -0.15) is 29.8 Å². The van der Waals surface area contributed by atoms with Crippen molar-refractivity contribution >= 4 is 65.2 Å². The zero-order valence-corrected chi connectivity index (χ0v) is 40.3. The van der Waals surface area contributed by atoms with E-state index in [0.29, 0.717) is 84.1 Å². The molecule has 3 aliphatic heterocycles. The molecule has 21 heteroatoms. The van der Waals surface area contributed by atoms with Crippen molar-refractivity contribution in [2.75, 3.05) is 44.6 Å². The normalized spacial score (nSPS) is 21.2. The minimum absolute atomic E-state index is 0.00477. The lowest BCUT2D eigenvalue weighted by atomic mass is 9.75. The molecule has 2 aromatic rings. The van der Waals surface area contributed by atoms with Gasteiger partial charge < -0.3 is 19.2 Å². The van der Waals surface area contributed by atoms with Gasteiger partial charge in [0, 0.05) is 93.2 Å². The molecule has 5 rings (SSSR count). The van der Waals surface area contributed by atoms with Crippen LogP contribution in [0.5, 0.6) is 0 Å². The number of carbonyl (C=O) groups excluding carboxylic acids is 3. The molecular weight excluding hydrogens is 907 g/mol. The Labute approximate surface area is 381 Å². The van der Waals surface area contributed by atoms with E-state index in [0.717, 1.165) is 5.71 Å². The van der Waals surface area contributed by atoms with Crippen LogP contribution in [-0.4, -0.2) is 117 Å². The number of fused-ring (bicyclic) bond motifs is 2. The number of hydrogen-bond donors (Lipinski definition) is 3. The first-order chi connectivity index (χ1) is 30.2. The van der Waals surface area contributed by atoms with E-state index in [1.165, 1.54) is 24.3 Å². The van der Waals surface area contributed by atoms with Crippen LogP contribution in [0.15, 0.2) is 69.6 Å². The van der Waals surface area contributed by atoms with Crippen LogP contribution in [-0.2, 0) is 69.9 Å². The number of hydrogen-bond acceptors (Lipinski definition) is 13. The summed E-state index contributed by atoms with van der Waals surface area (Å²) in [6, 6.07) is 8.71. The van der Waals surface area contributed by atoms with Crippen molar-refractivity contribution in [3.05, 3.63) is 70.9 Å². The number of amides is 2. The summed E-state index contributed by atoms with van der Waals surface area (Å²) in [6.07, 6.45) is 6.26. The Morgan fingerprint density at radius 1 is 0.815 bits per heavy atom. The average Bonchev–Trinajstić information content (AvgIpc) is 3.74. The second kappa shape index (κ2) is 19.9. The SMILES string of the molecule is COCCC1(C)C(/C=C(C)/C=C2/N(C(C)(C)CCOC)c3ccc(S(=O)(=O)O)cc3C2(C)CCCS(=O)(=O)O)=[N+](CCCCCC(=O)ON2C(=O)CCC2=O)c2ccc(S(=O)(=O)O)cc21. The van der Waals surface area contributed by atoms with Crippen molar-refractivity contribution in [2.45, 2.75) is 125 Å². The number of anilines is 1. The van der Waals surface area contributed by atoms with Crippen LogP contribution in [0.1, 0.15) is 110 Å². The predicted molar refractivity (Wildman–Crippen MR) is 240 cm³/mol. The van der Waals surface area contributed by atoms with E-state index in [2.05, 4.69) is 4.90 Å². The molecule has 3 aliphatic rings. The fourth-order valence-corrected chi connectivity index (χ4v) is 10.5. The number of ether oxygens (including phenoxy) is 2. The Balaban J connectivity index is 1.65. The summed E-state index contributed by atoms with van der Waals surface area (Å²) >= 11 is 0. The lowest BCUT2D eigenvalue weighted by Gasteiger charge is -2.41. The minimum Gasteiger partial charge on any atom is -0.385 e. The number of allylic oxidation sites excluding steroid dienone is 4. The standard InChI is InChI=1S/C44H59N3O15S3/c1-30(27-38-43(4,19-11-25-63(51,52)53)34-29-32(65(57,58)59)14-16-36(34)46(38)42(2,3)20-23-60-6)26-37-44(5,21-24-61-7)33-28-31(64(54,55)56)13-15-35(33)45(37)22-10-8-9-12-41(50)62-47-39(48)17-18-40(47)49/h13-16,26-29H,8-12,17-25H2,1-7H3,(H2-,51,52,53,54,55,56,57,58,59)/p+1. The van der Waals surface area contributed by atoms with Crippen molar-refractivity contribution in [2.24, 2.45) is 0 Å². The van der Waals surface area contributed by atoms with Crippen LogP contribution in [0.3, 0.4) is 0 Å². The fraction of sp³-hybridized carbons (Fsp3) is 0.545. The fourth-order valence-electron chi connectivity index (χ4n) is 9.00. The maximum atomic E-state index is 12.5. The van der Waals surface area contributed by atoms with Crippen LogP contribution in [0.25, 0.3) is 0 Å². The maximum absolute atomic E-state index is 12.5. The Bertz CT molecular complexity index is 2620. The monoisotopic (exact) mass is 966 g/mol. The number of hydroxylamine groups is 2. The highest BCUT2D eigenvalue weighted by Gasteiger charge is 2.50. The van der Waals surface area contributed by atoms with Crippen LogP contribution in [0.4, 0.5) is 11.4 Å². The first-order valence-electron chi connectivity index (χ1n) is 21.3. The molecule has 0 radical (unpaired) electrons. The van der Waals surface area contributed by atoms with E-state index in [9.17, 15) is 53.3 Å². The molecule has 0 spiro atoms. The summed E-state index contributed by atoms with van der Waals surface area (Å²) in [4.78, 5) is 42.9. The second-order valence-corrected chi connectivity index (χ2v) is 22.2.